The lowest BCUT2D eigenvalue weighted by Gasteiger charge is -2.26. The monoisotopic (exact) mass is 348 g/mol. The van der Waals surface area contributed by atoms with E-state index in [1.165, 1.54) is 0 Å². The molecule has 4 N–H and O–H groups in total. The molecule has 6 heteroatoms. The van der Waals surface area contributed by atoms with E-state index in [2.05, 4.69) is 103 Å². The summed E-state index contributed by atoms with van der Waals surface area (Å²) in [6.07, 6.45) is 0. The minimum Gasteiger partial charge on any atom is -0.326 e. The van der Waals surface area contributed by atoms with Gasteiger partial charge < -0.3 is 19.9 Å². The quantitative estimate of drug-likeness (QED) is 0.582. The van der Waals surface area contributed by atoms with Crippen LogP contribution < -0.4 is 19.9 Å². The van der Waals surface area contributed by atoms with Gasteiger partial charge in [-0.05, 0) is 83.1 Å². The molecule has 0 unspecified atom stereocenters. The fourth-order valence-electron chi connectivity index (χ4n) is 1.15. The maximum absolute atomic E-state index is 3.51. The highest BCUT2D eigenvalue weighted by molar-refractivity contribution is 6.29. The summed E-state index contributed by atoms with van der Waals surface area (Å²) in [6.45, 7) is 26.4. The van der Waals surface area contributed by atoms with Gasteiger partial charge in [0.05, 0.1) is 0 Å². The Labute approximate surface area is 145 Å². The van der Waals surface area contributed by atoms with E-state index >= 15 is 0 Å². The summed E-state index contributed by atoms with van der Waals surface area (Å²) in [4.78, 5) is 14.0. The van der Waals surface area contributed by atoms with Crippen LogP contribution in [0.3, 0.4) is 0 Å². The van der Waals surface area contributed by atoms with Crippen LogP contribution in [-0.4, -0.2) is 41.8 Å². The van der Waals surface area contributed by atoms with Crippen LogP contribution in [0.4, 0.5) is 0 Å². The van der Waals surface area contributed by atoms with E-state index in [9.17, 15) is 0 Å². The van der Waals surface area contributed by atoms with Gasteiger partial charge in [-0.3, -0.25) is 0 Å². The zero-order chi connectivity index (χ0) is 18.2. The molecule has 0 saturated carbocycles. The second-order valence-corrected chi connectivity index (χ2v) is 12.2. The van der Waals surface area contributed by atoms with Crippen LogP contribution in [0.15, 0.2) is 0 Å². The Kier molecular flexibility index (Phi) is 10.6. The third-order valence-electron chi connectivity index (χ3n) is 2.47. The molecule has 22 heavy (non-hydrogen) atoms. The van der Waals surface area contributed by atoms with Crippen LogP contribution >= 0.6 is 0 Å². The van der Waals surface area contributed by atoms with Crippen molar-refractivity contribution in [2.75, 3.05) is 0 Å². The molecule has 0 aliphatic heterocycles. The molecule has 0 aromatic rings. The van der Waals surface area contributed by atoms with Crippen LogP contribution in [0, 0.1) is 0 Å². The van der Waals surface area contributed by atoms with E-state index in [1.54, 1.807) is 0 Å². The number of nitrogens with one attached hydrogen (secondary N) is 4. The zero-order valence-electron chi connectivity index (χ0n) is 17.4. The molecular weight excluding hydrogens is 304 g/mol. The summed E-state index contributed by atoms with van der Waals surface area (Å²) < 4.78 is 0. The first-order valence-electron chi connectivity index (χ1n) is 8.41. The average molecular weight is 349 g/mol. The Morgan fingerprint density at radius 2 is 0.500 bits per heavy atom. The van der Waals surface area contributed by atoms with E-state index in [0.29, 0.717) is 0 Å². The van der Waals surface area contributed by atoms with Crippen molar-refractivity contribution in [1.29, 1.82) is 0 Å². The number of hydrogen-bond donors (Lipinski definition) is 4. The van der Waals surface area contributed by atoms with Crippen LogP contribution in [0.1, 0.15) is 83.1 Å². The highest BCUT2D eigenvalue weighted by Gasteiger charge is 2.12. The first-order valence-corrected chi connectivity index (χ1v) is 11.2. The molecule has 0 rings (SSSR count). The summed E-state index contributed by atoms with van der Waals surface area (Å²) >= 11 is 0. The summed E-state index contributed by atoms with van der Waals surface area (Å²) in [5, 5.41) is 0. The van der Waals surface area contributed by atoms with E-state index in [4.69, 9.17) is 0 Å². The third kappa shape index (κ3) is 28.4. The van der Waals surface area contributed by atoms with Crippen molar-refractivity contribution in [3.63, 3.8) is 0 Å². The minimum absolute atomic E-state index is 0.268. The number of rotatable bonds is 4. The van der Waals surface area contributed by atoms with Crippen molar-refractivity contribution in [2.24, 2.45) is 0 Å². The van der Waals surface area contributed by atoms with Crippen molar-refractivity contribution in [1.82, 2.24) is 19.9 Å². The maximum atomic E-state index is 3.51. The maximum Gasteiger partial charge on any atom is 0.168 e. The molecule has 0 bridgehead atoms. The van der Waals surface area contributed by atoms with Crippen molar-refractivity contribution in [3.8, 4) is 0 Å². The molecule has 0 aliphatic carbocycles. The van der Waals surface area contributed by atoms with Crippen LogP contribution in [0.2, 0.25) is 0 Å². The molecule has 0 amide bonds. The fourth-order valence-corrected chi connectivity index (χ4v) is 3.45. The SMILES string of the molecule is CC(C)(C)N[SiH2]NC(C)(C)C.CC(C)(C)N[SiH2]NC(C)(C)C. The predicted molar refractivity (Wildman–Crippen MR) is 109 cm³/mol. The molecule has 0 radical (unpaired) electrons. The van der Waals surface area contributed by atoms with Gasteiger partial charge in [0.2, 0.25) is 0 Å². The van der Waals surface area contributed by atoms with Crippen LogP contribution in [-0.2, 0) is 0 Å². The average Bonchev–Trinajstić information content (AvgIpc) is 2.08. The first-order chi connectivity index (χ1) is 9.41. The number of hydrogen-bond acceptors (Lipinski definition) is 4. The molecule has 0 heterocycles. The third-order valence-corrected chi connectivity index (χ3v) is 7.42. The second kappa shape index (κ2) is 9.54. The zero-order valence-corrected chi connectivity index (χ0v) is 20.2. The topological polar surface area (TPSA) is 48.1 Å². The molecule has 136 valence electrons. The molecule has 0 aromatic heterocycles. The van der Waals surface area contributed by atoms with Crippen LogP contribution in [0.25, 0.3) is 0 Å². The lowest BCUT2D eigenvalue weighted by Crippen LogP contribution is -2.50. The van der Waals surface area contributed by atoms with Crippen molar-refractivity contribution >= 4 is 19.7 Å². The van der Waals surface area contributed by atoms with Crippen molar-refractivity contribution < 1.29 is 0 Å². The molecule has 0 atom stereocenters. The summed E-state index contributed by atoms with van der Waals surface area (Å²) in [6, 6.07) is 0. The van der Waals surface area contributed by atoms with Crippen molar-refractivity contribution in [3.05, 3.63) is 0 Å². The lowest BCUT2D eigenvalue weighted by atomic mass is 10.1. The molecule has 0 aliphatic rings. The van der Waals surface area contributed by atoms with Gasteiger partial charge >= 0.3 is 0 Å². The van der Waals surface area contributed by atoms with E-state index < -0.39 is 0 Å². The van der Waals surface area contributed by atoms with E-state index in [-0.39, 0.29) is 41.8 Å². The van der Waals surface area contributed by atoms with Crippen molar-refractivity contribution in [2.45, 2.75) is 105 Å². The van der Waals surface area contributed by atoms with Gasteiger partial charge in [0, 0.05) is 22.2 Å². The Balaban J connectivity index is 0. The molecule has 4 nitrogen and oxygen atoms in total. The normalized spacial score (nSPS) is 13.6. The van der Waals surface area contributed by atoms with Gasteiger partial charge in [-0.2, -0.15) is 0 Å². The van der Waals surface area contributed by atoms with Gasteiger partial charge in [0.1, 0.15) is 0 Å². The molecule has 0 fully saturated rings. The summed E-state index contributed by atoms with van der Waals surface area (Å²) in [7, 11) is -0.594. The fraction of sp³-hybridized carbons (Fsp3) is 1.00. The molecule has 0 spiro atoms. The molecule has 0 saturated heterocycles. The highest BCUT2D eigenvalue weighted by Crippen LogP contribution is 1.99. The lowest BCUT2D eigenvalue weighted by molar-refractivity contribution is 0.484. The Morgan fingerprint density at radius 3 is 0.591 bits per heavy atom. The van der Waals surface area contributed by atoms with Gasteiger partial charge in [0.25, 0.3) is 0 Å². The highest BCUT2D eigenvalue weighted by atomic mass is 28.2. The predicted octanol–water partition coefficient (Wildman–Crippen LogP) is 1.52. The summed E-state index contributed by atoms with van der Waals surface area (Å²) in [5.41, 5.74) is 1.07. The molecular formula is C16H44N4Si2. The minimum atomic E-state index is -0.297. The van der Waals surface area contributed by atoms with Gasteiger partial charge in [-0.25, -0.2) is 0 Å². The second-order valence-electron chi connectivity index (χ2n) is 10.1. The Bertz CT molecular complexity index is 222. The largest absolute Gasteiger partial charge is 0.326 e. The van der Waals surface area contributed by atoms with Gasteiger partial charge in [-0.1, -0.05) is 0 Å². The molecule has 0 aromatic carbocycles. The standard InChI is InChI=1S/2C8H22N2Si/c2*1-7(2,3)9-11-10-8(4,5)6/h2*9-10H,11H2,1-6H3. The summed E-state index contributed by atoms with van der Waals surface area (Å²) in [5.74, 6) is 0. The van der Waals surface area contributed by atoms with Gasteiger partial charge in [-0.15, -0.1) is 0 Å². The van der Waals surface area contributed by atoms with E-state index in [1.807, 2.05) is 0 Å². The van der Waals surface area contributed by atoms with Gasteiger partial charge in [0.15, 0.2) is 19.7 Å². The smallest absolute Gasteiger partial charge is 0.168 e. The van der Waals surface area contributed by atoms with E-state index in [0.717, 1.165) is 0 Å². The van der Waals surface area contributed by atoms with Crippen LogP contribution in [0.5, 0.6) is 0 Å². The first kappa shape index (κ1) is 24.5. The Hall–Kier alpha value is 0.274. The Morgan fingerprint density at radius 1 is 0.364 bits per heavy atom.